The summed E-state index contributed by atoms with van der Waals surface area (Å²) < 4.78 is 54.3. The summed E-state index contributed by atoms with van der Waals surface area (Å²) in [6, 6.07) is 4.21. The Hall–Kier alpha value is -2.73. The van der Waals surface area contributed by atoms with Gasteiger partial charge in [-0.15, -0.1) is 0 Å². The van der Waals surface area contributed by atoms with E-state index in [1.807, 2.05) is 0 Å². The fourth-order valence-electron chi connectivity index (χ4n) is 1.91. The molecule has 1 aromatic carbocycles. The third-order valence-corrected chi connectivity index (χ3v) is 4.44. The smallest absolute Gasteiger partial charge is 0.281 e. The highest BCUT2D eigenvalue weighted by atomic mass is 32.2. The maximum atomic E-state index is 13.8. The van der Waals surface area contributed by atoms with E-state index in [1.165, 1.54) is 30.8 Å². The van der Waals surface area contributed by atoms with Crippen molar-refractivity contribution < 1.29 is 22.0 Å². The number of carbonyl (C=O) groups excluding carboxylic acids is 1. The molecule has 0 spiro atoms. The quantitative estimate of drug-likeness (QED) is 0.919. The molecule has 0 saturated heterocycles. The first-order valence-electron chi connectivity index (χ1n) is 6.25. The topological polar surface area (TPSA) is 92.0 Å². The zero-order valence-corrected chi connectivity index (χ0v) is 12.9. The van der Waals surface area contributed by atoms with Crippen molar-refractivity contribution in [2.24, 2.45) is 7.05 Å². The first-order valence-corrected chi connectivity index (χ1v) is 7.73. The molecule has 120 valence electrons. The third-order valence-electron chi connectivity index (χ3n) is 3.10. The van der Waals surface area contributed by atoms with Crippen molar-refractivity contribution in [3.8, 4) is 6.07 Å². The van der Waals surface area contributed by atoms with Crippen LogP contribution in [0.25, 0.3) is 0 Å². The number of rotatable bonds is 3. The molecule has 9 heteroatoms. The molecule has 0 aliphatic rings. The predicted molar refractivity (Wildman–Crippen MR) is 75.9 cm³/mol. The first-order chi connectivity index (χ1) is 10.7. The van der Waals surface area contributed by atoms with Crippen LogP contribution in [-0.2, 0) is 17.1 Å². The molecule has 1 heterocycles. The molecule has 1 amide bonds. The lowest BCUT2D eigenvalue weighted by molar-refractivity contribution is 0.0973. The van der Waals surface area contributed by atoms with Crippen LogP contribution in [0.1, 0.15) is 21.6 Å². The van der Waals surface area contributed by atoms with Crippen LogP contribution in [-0.4, -0.2) is 18.9 Å². The van der Waals surface area contributed by atoms with Crippen molar-refractivity contribution in [1.29, 1.82) is 5.26 Å². The fraction of sp³-hybridized carbons (Fsp3) is 0.143. The number of hydrogen-bond acceptors (Lipinski definition) is 4. The largest absolute Gasteiger partial charge is 0.345 e. The molecule has 0 aliphatic heterocycles. The van der Waals surface area contributed by atoms with E-state index in [0.29, 0.717) is 6.07 Å². The lowest BCUT2D eigenvalue weighted by atomic mass is 10.2. The number of aryl methyl sites for hydroxylation is 2. The van der Waals surface area contributed by atoms with E-state index in [9.17, 15) is 22.0 Å². The van der Waals surface area contributed by atoms with Crippen molar-refractivity contribution in [1.82, 2.24) is 9.29 Å². The monoisotopic (exact) mass is 339 g/mol. The number of nitriles is 1. The lowest BCUT2D eigenvalue weighted by Crippen LogP contribution is -2.32. The average Bonchev–Trinajstić information content (AvgIpc) is 2.83. The molecule has 0 fully saturated rings. The van der Waals surface area contributed by atoms with Crippen molar-refractivity contribution >= 4 is 15.9 Å². The summed E-state index contributed by atoms with van der Waals surface area (Å²) >= 11 is 0. The minimum atomic E-state index is -4.60. The lowest BCUT2D eigenvalue weighted by Gasteiger charge is -2.09. The summed E-state index contributed by atoms with van der Waals surface area (Å²) in [5, 5.41) is 8.76. The predicted octanol–water partition coefficient (Wildman–Crippen LogP) is 1.60. The van der Waals surface area contributed by atoms with Crippen LogP contribution in [0.5, 0.6) is 0 Å². The Morgan fingerprint density at radius 1 is 1.26 bits per heavy atom. The molecule has 0 bridgehead atoms. The summed E-state index contributed by atoms with van der Waals surface area (Å²) in [4.78, 5) is 11.0. The Kier molecular flexibility index (Phi) is 4.20. The van der Waals surface area contributed by atoms with Crippen LogP contribution < -0.4 is 4.72 Å². The Morgan fingerprint density at radius 3 is 2.48 bits per heavy atom. The van der Waals surface area contributed by atoms with Gasteiger partial charge < -0.3 is 4.57 Å². The van der Waals surface area contributed by atoms with E-state index in [4.69, 9.17) is 5.26 Å². The van der Waals surface area contributed by atoms with Gasteiger partial charge in [0.05, 0.1) is 5.56 Å². The summed E-state index contributed by atoms with van der Waals surface area (Å²) in [5.41, 5.74) is -0.0189. The van der Waals surface area contributed by atoms with Crippen LogP contribution in [0.15, 0.2) is 29.3 Å². The number of aromatic nitrogens is 1. The van der Waals surface area contributed by atoms with Gasteiger partial charge in [-0.3, -0.25) is 4.79 Å². The number of nitrogens with one attached hydrogen (secondary N) is 1. The normalized spacial score (nSPS) is 11.1. The van der Waals surface area contributed by atoms with E-state index < -0.39 is 32.5 Å². The highest BCUT2D eigenvalue weighted by Gasteiger charge is 2.25. The standard InChI is InChI=1S/C14H11F2N3O3S/c1-8-3-11(16)13(5-10(8)15)23(21,22)18-14(20)12-4-9(6-17)7-19(12)2/h3-5,7H,1-2H3,(H,18,20). The second-order valence-electron chi connectivity index (χ2n) is 4.80. The molecule has 2 rings (SSSR count). The Bertz CT molecular complexity index is 943. The van der Waals surface area contributed by atoms with E-state index in [0.717, 1.165) is 6.07 Å². The second kappa shape index (κ2) is 5.81. The van der Waals surface area contributed by atoms with Crippen molar-refractivity contribution in [3.63, 3.8) is 0 Å². The maximum Gasteiger partial charge on any atom is 0.281 e. The fourth-order valence-corrected chi connectivity index (χ4v) is 2.95. The van der Waals surface area contributed by atoms with Gasteiger partial charge in [-0.25, -0.2) is 21.9 Å². The molecule has 23 heavy (non-hydrogen) atoms. The van der Waals surface area contributed by atoms with Gasteiger partial charge in [-0.05, 0) is 30.7 Å². The highest BCUT2D eigenvalue weighted by molar-refractivity contribution is 7.90. The Morgan fingerprint density at radius 2 is 1.91 bits per heavy atom. The number of sulfonamides is 1. The molecule has 0 unspecified atom stereocenters. The minimum Gasteiger partial charge on any atom is -0.345 e. The highest BCUT2D eigenvalue weighted by Crippen LogP contribution is 2.19. The molecule has 0 atom stereocenters. The van der Waals surface area contributed by atoms with Gasteiger partial charge in [0.15, 0.2) is 0 Å². The van der Waals surface area contributed by atoms with E-state index in [-0.39, 0.29) is 16.8 Å². The molecule has 1 aromatic heterocycles. The van der Waals surface area contributed by atoms with Crippen molar-refractivity contribution in [3.05, 3.63) is 52.9 Å². The number of hydrogen-bond donors (Lipinski definition) is 1. The Balaban J connectivity index is 2.38. The summed E-state index contributed by atoms with van der Waals surface area (Å²) in [5.74, 6) is -3.15. The molecule has 0 radical (unpaired) electrons. The van der Waals surface area contributed by atoms with Crippen LogP contribution >= 0.6 is 0 Å². The van der Waals surface area contributed by atoms with Crippen molar-refractivity contribution in [2.75, 3.05) is 0 Å². The minimum absolute atomic E-state index is 0.0612. The number of benzene rings is 1. The molecular weight excluding hydrogens is 328 g/mol. The van der Waals surface area contributed by atoms with Gasteiger partial charge in [0, 0.05) is 13.2 Å². The molecule has 6 nitrogen and oxygen atoms in total. The van der Waals surface area contributed by atoms with Crippen LogP contribution in [0, 0.1) is 29.9 Å². The van der Waals surface area contributed by atoms with E-state index in [2.05, 4.69) is 0 Å². The van der Waals surface area contributed by atoms with Crippen molar-refractivity contribution in [2.45, 2.75) is 11.8 Å². The summed E-state index contributed by atoms with van der Waals surface area (Å²) in [7, 11) is -3.16. The summed E-state index contributed by atoms with van der Waals surface area (Å²) in [6.07, 6.45) is 1.33. The van der Waals surface area contributed by atoms with Gasteiger partial charge in [0.25, 0.3) is 15.9 Å². The SMILES string of the molecule is Cc1cc(F)c(S(=O)(=O)NC(=O)c2cc(C#N)cn2C)cc1F. The van der Waals surface area contributed by atoms with Gasteiger partial charge in [0.1, 0.15) is 28.3 Å². The van der Waals surface area contributed by atoms with Gasteiger partial charge >= 0.3 is 0 Å². The average molecular weight is 339 g/mol. The zero-order chi connectivity index (χ0) is 17.4. The number of nitrogens with zero attached hydrogens (tertiary/aromatic N) is 2. The van der Waals surface area contributed by atoms with Crippen LogP contribution in [0.4, 0.5) is 8.78 Å². The number of halogens is 2. The molecule has 0 saturated carbocycles. The summed E-state index contributed by atoms with van der Waals surface area (Å²) in [6.45, 7) is 1.28. The molecule has 2 aromatic rings. The maximum absolute atomic E-state index is 13.8. The van der Waals surface area contributed by atoms with Gasteiger partial charge in [-0.1, -0.05) is 0 Å². The van der Waals surface area contributed by atoms with E-state index >= 15 is 0 Å². The molecule has 0 aliphatic carbocycles. The zero-order valence-electron chi connectivity index (χ0n) is 12.1. The number of amides is 1. The van der Waals surface area contributed by atoms with Crippen LogP contribution in [0.3, 0.4) is 0 Å². The van der Waals surface area contributed by atoms with Crippen LogP contribution in [0.2, 0.25) is 0 Å². The Labute approximate surface area is 131 Å². The third kappa shape index (κ3) is 3.22. The number of carbonyl (C=O) groups is 1. The van der Waals surface area contributed by atoms with E-state index in [1.54, 1.807) is 10.8 Å². The molecular formula is C14H11F2N3O3S. The second-order valence-corrected chi connectivity index (χ2v) is 6.45. The van der Waals surface area contributed by atoms with Gasteiger partial charge in [-0.2, -0.15) is 5.26 Å². The molecule has 1 N–H and O–H groups in total. The van der Waals surface area contributed by atoms with Gasteiger partial charge in [0.2, 0.25) is 0 Å². The first kappa shape index (κ1) is 16.6.